The maximum atomic E-state index is 13.1. The van der Waals surface area contributed by atoms with E-state index in [1.807, 2.05) is 22.9 Å². The topological polar surface area (TPSA) is 182 Å². The normalized spacial score (nSPS) is 19.0. The lowest BCUT2D eigenvalue weighted by Gasteiger charge is -2.49. The molecule has 2 aliphatic rings. The molecule has 210 valence electrons. The van der Waals surface area contributed by atoms with Crippen LogP contribution in [-0.4, -0.2) is 76.4 Å². The molecule has 1 fully saturated rings. The molecule has 2 unspecified atom stereocenters. The number of halogens is 1. The number of fused-ring (bicyclic) bond motifs is 2. The summed E-state index contributed by atoms with van der Waals surface area (Å²) in [4.78, 5) is 52.3. The van der Waals surface area contributed by atoms with Crippen LogP contribution in [0.4, 0.5) is 9.52 Å². The molecule has 2 amide bonds. The molecule has 0 spiro atoms. The van der Waals surface area contributed by atoms with Crippen LogP contribution in [0, 0.1) is 0 Å². The number of carboxylic acids is 1. The lowest BCUT2D eigenvalue weighted by atomic mass is 10.0. The van der Waals surface area contributed by atoms with Crippen LogP contribution in [0.1, 0.15) is 25.6 Å². The Morgan fingerprint density at radius 1 is 1.43 bits per heavy atom. The predicted molar refractivity (Wildman–Crippen MR) is 142 cm³/mol. The number of alkyl halides is 1. The van der Waals surface area contributed by atoms with Crippen molar-refractivity contribution in [3.05, 3.63) is 41.8 Å². The van der Waals surface area contributed by atoms with Crippen LogP contribution < -0.4 is 15.6 Å². The maximum Gasteiger partial charge on any atom is 0.352 e. The number of aromatic nitrogens is 5. The van der Waals surface area contributed by atoms with Crippen LogP contribution in [-0.2, 0) is 32.3 Å². The first-order valence-corrected chi connectivity index (χ1v) is 14.1. The molecule has 17 heteroatoms. The molecular weight excluding hydrogens is 565 g/mol. The number of aliphatic carboxylic acids is 1. The lowest BCUT2D eigenvalue weighted by Crippen LogP contribution is -2.71. The summed E-state index contributed by atoms with van der Waals surface area (Å²) in [6.45, 7) is 1.86. The number of aryl methyl sites for hydroxylation is 1. The van der Waals surface area contributed by atoms with E-state index < -0.39 is 41.8 Å². The Morgan fingerprint density at radius 2 is 2.25 bits per heavy atom. The van der Waals surface area contributed by atoms with E-state index in [0.717, 1.165) is 36.4 Å². The fourth-order valence-corrected chi connectivity index (χ4v) is 6.31. The molecule has 3 aromatic rings. The van der Waals surface area contributed by atoms with Gasteiger partial charge in [-0.2, -0.15) is 9.36 Å². The smallest absolute Gasteiger partial charge is 0.352 e. The van der Waals surface area contributed by atoms with Gasteiger partial charge in [-0.3, -0.25) is 14.5 Å². The fraction of sp³-hybridized carbons (Fsp3) is 0.391. The molecule has 0 radical (unpaired) electrons. The van der Waals surface area contributed by atoms with E-state index in [4.69, 9.17) is 5.73 Å². The number of rotatable bonds is 11. The largest absolute Gasteiger partial charge is 0.477 e. The summed E-state index contributed by atoms with van der Waals surface area (Å²) in [5.74, 6) is -2.63. The fourth-order valence-electron chi connectivity index (χ4n) is 4.54. The van der Waals surface area contributed by atoms with Crippen molar-refractivity contribution in [2.24, 2.45) is 5.16 Å². The van der Waals surface area contributed by atoms with E-state index in [-0.39, 0.29) is 23.2 Å². The van der Waals surface area contributed by atoms with Crippen molar-refractivity contribution in [3.8, 4) is 0 Å². The molecule has 1 saturated heterocycles. The van der Waals surface area contributed by atoms with Gasteiger partial charge in [-0.1, -0.05) is 18.5 Å². The van der Waals surface area contributed by atoms with Crippen molar-refractivity contribution in [2.75, 3.05) is 18.3 Å². The summed E-state index contributed by atoms with van der Waals surface area (Å²) < 4.78 is 20.4. The molecule has 40 heavy (non-hydrogen) atoms. The highest BCUT2D eigenvalue weighted by Gasteiger charge is 2.54. The van der Waals surface area contributed by atoms with Gasteiger partial charge in [0.15, 0.2) is 5.13 Å². The van der Waals surface area contributed by atoms with Crippen LogP contribution >= 0.6 is 23.3 Å². The number of amides is 2. The van der Waals surface area contributed by atoms with Crippen LogP contribution in [0.2, 0.25) is 0 Å². The van der Waals surface area contributed by atoms with E-state index in [9.17, 15) is 23.9 Å². The summed E-state index contributed by atoms with van der Waals surface area (Å²) in [5.41, 5.74) is 7.16. The highest BCUT2D eigenvalue weighted by atomic mass is 32.2. The number of nitrogens with zero attached hydrogens (tertiary/aromatic N) is 7. The third-order valence-electron chi connectivity index (χ3n) is 6.37. The van der Waals surface area contributed by atoms with Gasteiger partial charge in [-0.15, -0.1) is 11.8 Å². The van der Waals surface area contributed by atoms with Crippen molar-refractivity contribution in [2.45, 2.75) is 44.3 Å². The van der Waals surface area contributed by atoms with Crippen LogP contribution in [0.25, 0.3) is 11.2 Å². The minimum Gasteiger partial charge on any atom is -0.477 e. The van der Waals surface area contributed by atoms with Gasteiger partial charge in [-0.05, 0) is 23.5 Å². The number of nitrogen functional groups attached to an aromatic ring is 1. The number of nitrogens with one attached hydrogen (secondary N) is 1. The number of carbonyl (C=O) groups excluding carboxylic acids is 2. The first kappa shape index (κ1) is 27.4. The van der Waals surface area contributed by atoms with Gasteiger partial charge in [-0.25, -0.2) is 13.8 Å². The molecule has 5 rings (SSSR count). The number of carboxylic acid groups (broad SMARTS) is 1. The minimum absolute atomic E-state index is 0.0505. The van der Waals surface area contributed by atoms with E-state index in [2.05, 4.69) is 41.1 Å². The van der Waals surface area contributed by atoms with Gasteiger partial charge in [0.05, 0.1) is 6.20 Å². The van der Waals surface area contributed by atoms with Crippen LogP contribution in [0.3, 0.4) is 0 Å². The van der Waals surface area contributed by atoms with Crippen molar-refractivity contribution in [1.82, 2.24) is 29.1 Å². The van der Waals surface area contributed by atoms with Crippen LogP contribution in [0.5, 0.6) is 0 Å². The van der Waals surface area contributed by atoms with Crippen molar-refractivity contribution < 1.29 is 33.3 Å². The standard InChI is InChI=1S/C23H24FN9O5S2/c1-2-3-6-32-11-26-18-13(32)5-4-7-31(18)8-12-9-39-21-15(20(35)33(21)16(12)22(36)37)27-19(34)14(29-38-10-24)17-28-23(25)40-30-17/h4-5,7,11,15,21H,2-3,6,8-10H2,1H3,(H3-,25,27,28,30,34,36,37)/p+1/b29-14+. The Morgan fingerprint density at radius 3 is 2.95 bits per heavy atom. The second kappa shape index (κ2) is 11.5. The quantitative estimate of drug-likeness (QED) is 0.124. The summed E-state index contributed by atoms with van der Waals surface area (Å²) in [7, 11) is 0. The zero-order valence-electron chi connectivity index (χ0n) is 21.2. The Labute approximate surface area is 234 Å². The molecule has 2 atom stereocenters. The number of carbonyl (C=O) groups is 3. The second-order valence-corrected chi connectivity index (χ2v) is 10.8. The van der Waals surface area contributed by atoms with Gasteiger partial charge < -0.3 is 25.6 Å². The minimum atomic E-state index is -1.30. The molecule has 4 N–H and O–H groups in total. The monoisotopic (exact) mass is 590 g/mol. The molecule has 2 aliphatic heterocycles. The summed E-state index contributed by atoms with van der Waals surface area (Å²) >= 11 is 2.12. The molecule has 14 nitrogen and oxygen atoms in total. The summed E-state index contributed by atoms with van der Waals surface area (Å²) in [5, 5.41) is 15.4. The summed E-state index contributed by atoms with van der Waals surface area (Å²) in [6, 6.07) is 2.79. The summed E-state index contributed by atoms with van der Waals surface area (Å²) in [6.07, 6.45) is 5.64. The maximum absolute atomic E-state index is 13.1. The SMILES string of the molecule is CCCCn1cnc2c1ccc[n+]2CC1=C(C(=O)O)N2C(=O)C(NC(=O)/C(=N/OCF)c3nsc(N)n3)C2SC1. The number of thioether (sulfide) groups is 1. The van der Waals surface area contributed by atoms with Gasteiger partial charge in [0.2, 0.25) is 17.9 Å². The molecule has 0 bridgehead atoms. The van der Waals surface area contributed by atoms with Crippen LogP contribution in [0.15, 0.2) is 41.1 Å². The van der Waals surface area contributed by atoms with Crippen molar-refractivity contribution in [1.29, 1.82) is 0 Å². The van der Waals surface area contributed by atoms with Gasteiger partial charge >= 0.3 is 11.6 Å². The number of β-lactam (4-membered cyclic amide) rings is 1. The zero-order chi connectivity index (χ0) is 28.4. The Kier molecular flexibility index (Phi) is 7.92. The Balaban J connectivity index is 1.36. The molecule has 0 aliphatic carbocycles. The van der Waals surface area contributed by atoms with E-state index in [1.165, 1.54) is 16.7 Å². The average molecular weight is 591 g/mol. The van der Waals surface area contributed by atoms with Gasteiger partial charge in [0.25, 0.3) is 18.7 Å². The number of unbranched alkanes of at least 4 members (excludes halogenated alkanes) is 1. The van der Waals surface area contributed by atoms with Crippen molar-refractivity contribution >= 4 is 63.1 Å². The number of hydrogen-bond acceptors (Lipinski definition) is 11. The molecule has 3 aromatic heterocycles. The van der Waals surface area contributed by atoms with Gasteiger partial charge in [0, 0.05) is 29.4 Å². The molecule has 5 heterocycles. The highest BCUT2D eigenvalue weighted by molar-refractivity contribution is 8.00. The molecule has 0 aromatic carbocycles. The number of hydrogen-bond donors (Lipinski definition) is 3. The third-order valence-corrected chi connectivity index (χ3v) is 8.26. The number of anilines is 1. The number of pyridine rings is 1. The molecular formula is C23H25FN9O5S2+. The van der Waals surface area contributed by atoms with E-state index >= 15 is 0 Å². The highest BCUT2D eigenvalue weighted by Crippen LogP contribution is 2.40. The van der Waals surface area contributed by atoms with E-state index in [0.29, 0.717) is 17.0 Å². The number of imidazole rings is 1. The predicted octanol–water partition coefficient (Wildman–Crippen LogP) is 0.644. The first-order chi connectivity index (χ1) is 19.3. The van der Waals surface area contributed by atoms with E-state index in [1.54, 1.807) is 6.33 Å². The lowest BCUT2D eigenvalue weighted by molar-refractivity contribution is -0.664. The number of nitrogens with two attached hydrogens (primary N) is 1. The Hall–Kier alpha value is -4.12. The van der Waals surface area contributed by atoms with Gasteiger partial charge in [0.1, 0.15) is 29.2 Å². The number of oxime groups is 1. The first-order valence-electron chi connectivity index (χ1n) is 12.2. The third kappa shape index (κ3) is 5.08. The Bertz CT molecular complexity index is 1540. The second-order valence-electron chi connectivity index (χ2n) is 8.89. The van der Waals surface area contributed by atoms with Crippen molar-refractivity contribution in [3.63, 3.8) is 0 Å². The zero-order valence-corrected chi connectivity index (χ0v) is 22.8. The average Bonchev–Trinajstić information content (AvgIpc) is 3.56. The molecule has 0 saturated carbocycles.